The van der Waals surface area contributed by atoms with Gasteiger partial charge >= 0.3 is 0 Å². The summed E-state index contributed by atoms with van der Waals surface area (Å²) in [5, 5.41) is 2.86. The second-order valence-electron chi connectivity index (χ2n) is 8.67. The van der Waals surface area contributed by atoms with Crippen molar-refractivity contribution in [3.63, 3.8) is 0 Å². The number of nitrogens with zero attached hydrogens (tertiary/aromatic N) is 1. The second kappa shape index (κ2) is 5.54. The molecule has 1 aliphatic heterocycles. The van der Waals surface area contributed by atoms with E-state index in [4.69, 9.17) is 0 Å². The molecule has 6 rings (SSSR count). The molecule has 5 nitrogen and oxygen atoms in total. The molecule has 7 atom stereocenters. The van der Waals surface area contributed by atoms with Gasteiger partial charge in [-0.3, -0.25) is 19.3 Å². The summed E-state index contributed by atoms with van der Waals surface area (Å²) >= 11 is 0. The van der Waals surface area contributed by atoms with E-state index in [1.54, 1.807) is 6.92 Å². The maximum Gasteiger partial charge on any atom is 0.247 e. The molecule has 1 aromatic rings. The Morgan fingerprint density at radius 1 is 1.04 bits per heavy atom. The first kappa shape index (κ1) is 16.7. The Morgan fingerprint density at radius 2 is 1.63 bits per heavy atom. The van der Waals surface area contributed by atoms with E-state index in [1.807, 2.05) is 32.0 Å². The molecule has 1 saturated heterocycles. The normalized spacial score (nSPS) is 36.5. The number of hydrogen-bond acceptors (Lipinski definition) is 3. The maximum atomic E-state index is 13.1. The number of likely N-dealkylation sites (tertiary alicyclic amines) is 1. The van der Waals surface area contributed by atoms with Crippen molar-refractivity contribution >= 4 is 23.4 Å². The lowest BCUT2D eigenvalue weighted by Gasteiger charge is -2.37. The average molecular weight is 364 g/mol. The summed E-state index contributed by atoms with van der Waals surface area (Å²) in [7, 11) is 0. The van der Waals surface area contributed by atoms with Gasteiger partial charge in [-0.1, -0.05) is 18.2 Å². The monoisotopic (exact) mass is 364 g/mol. The topological polar surface area (TPSA) is 66.5 Å². The van der Waals surface area contributed by atoms with Crippen LogP contribution in [0.15, 0.2) is 30.4 Å². The minimum absolute atomic E-state index is 0.155. The molecule has 0 unspecified atom stereocenters. The van der Waals surface area contributed by atoms with Crippen molar-refractivity contribution in [3.8, 4) is 0 Å². The Balaban J connectivity index is 1.37. The molecule has 3 amide bonds. The fourth-order valence-corrected chi connectivity index (χ4v) is 5.54. The summed E-state index contributed by atoms with van der Waals surface area (Å²) in [5.41, 5.74) is 2.92. The van der Waals surface area contributed by atoms with Crippen LogP contribution in [0.1, 0.15) is 24.5 Å². The molecule has 5 aliphatic rings. The minimum atomic E-state index is -0.798. The zero-order valence-electron chi connectivity index (χ0n) is 15.8. The van der Waals surface area contributed by atoms with Gasteiger partial charge in [0.15, 0.2) is 0 Å². The van der Waals surface area contributed by atoms with Crippen LogP contribution in [0, 0.1) is 49.4 Å². The molecule has 4 aliphatic carbocycles. The van der Waals surface area contributed by atoms with E-state index in [0.29, 0.717) is 17.5 Å². The van der Waals surface area contributed by atoms with Gasteiger partial charge in [-0.25, -0.2) is 0 Å². The first-order valence-electron chi connectivity index (χ1n) is 9.82. The molecule has 2 saturated carbocycles. The third-order valence-corrected chi connectivity index (χ3v) is 7.24. The number of nitrogens with one attached hydrogen (secondary N) is 1. The lowest BCUT2D eigenvalue weighted by atomic mass is 9.63. The Hall–Kier alpha value is -2.43. The minimum Gasteiger partial charge on any atom is -0.324 e. The lowest BCUT2D eigenvalue weighted by molar-refractivity contribution is -0.146. The molecular formula is C22H24N2O3. The SMILES string of the molecule is Cc1ccc(NC(=O)[C@H](C)N2C(=O)[C@H]3[C@@H]4C=C[C@H]([C@H]5C[C@H]45)[C@@H]3C2=O)cc1C. The average Bonchev–Trinajstić information content (AvgIpc) is 3.42. The van der Waals surface area contributed by atoms with Gasteiger partial charge in [0.1, 0.15) is 6.04 Å². The molecule has 0 radical (unpaired) electrons. The molecule has 1 heterocycles. The number of carbonyl (C=O) groups excluding carboxylic acids is 3. The van der Waals surface area contributed by atoms with Gasteiger partial charge in [-0.05, 0) is 74.1 Å². The van der Waals surface area contributed by atoms with Crippen LogP contribution in [0.5, 0.6) is 0 Å². The summed E-state index contributed by atoms with van der Waals surface area (Å²) in [6.07, 6.45) is 5.43. The van der Waals surface area contributed by atoms with Crippen molar-refractivity contribution in [2.75, 3.05) is 5.32 Å². The van der Waals surface area contributed by atoms with Gasteiger partial charge in [0.25, 0.3) is 0 Å². The molecule has 1 aromatic carbocycles. The van der Waals surface area contributed by atoms with E-state index >= 15 is 0 Å². The Kier molecular flexibility index (Phi) is 3.43. The van der Waals surface area contributed by atoms with Crippen molar-refractivity contribution in [1.82, 2.24) is 4.90 Å². The van der Waals surface area contributed by atoms with Gasteiger partial charge in [0.2, 0.25) is 17.7 Å². The standard InChI is InChI=1S/C22H24N2O3/c1-10-4-5-13(8-11(10)2)23-20(25)12(3)24-21(26)18-14-6-7-15(17-9-16(14)17)19(18)22(24)27/h4-8,12,14-19H,9H2,1-3H3,(H,23,25)/t12-,14+,15+,16+,17+,18-,19-/m0/s1. The zero-order chi connectivity index (χ0) is 19.0. The van der Waals surface area contributed by atoms with E-state index < -0.39 is 6.04 Å². The molecular weight excluding hydrogens is 340 g/mol. The smallest absolute Gasteiger partial charge is 0.247 e. The summed E-state index contributed by atoms with van der Waals surface area (Å²) in [5.74, 6) is 0.360. The molecule has 0 spiro atoms. The van der Waals surface area contributed by atoms with Gasteiger partial charge in [-0.15, -0.1) is 0 Å². The fraction of sp³-hybridized carbons (Fsp3) is 0.500. The van der Waals surface area contributed by atoms with Gasteiger partial charge in [-0.2, -0.15) is 0 Å². The highest BCUT2D eigenvalue weighted by molar-refractivity contribution is 6.10. The number of carbonyl (C=O) groups is 3. The predicted molar refractivity (Wildman–Crippen MR) is 101 cm³/mol. The highest BCUT2D eigenvalue weighted by Crippen LogP contribution is 2.65. The van der Waals surface area contributed by atoms with Crippen LogP contribution in [-0.4, -0.2) is 28.7 Å². The molecule has 1 N–H and O–H groups in total. The van der Waals surface area contributed by atoms with Crippen LogP contribution in [-0.2, 0) is 14.4 Å². The number of hydrogen-bond donors (Lipinski definition) is 1. The lowest BCUT2D eigenvalue weighted by Crippen LogP contribution is -2.46. The maximum absolute atomic E-state index is 13.1. The number of benzene rings is 1. The summed E-state index contributed by atoms with van der Waals surface area (Å²) < 4.78 is 0. The highest BCUT2D eigenvalue weighted by atomic mass is 16.2. The number of aryl methyl sites for hydroxylation is 2. The van der Waals surface area contributed by atoms with Crippen LogP contribution < -0.4 is 5.32 Å². The number of anilines is 1. The second-order valence-corrected chi connectivity index (χ2v) is 8.67. The highest BCUT2D eigenvalue weighted by Gasteiger charge is 2.67. The number of rotatable bonds is 3. The largest absolute Gasteiger partial charge is 0.324 e. The first-order valence-corrected chi connectivity index (χ1v) is 9.82. The summed E-state index contributed by atoms with van der Waals surface area (Å²) in [6, 6.07) is 4.91. The van der Waals surface area contributed by atoms with Crippen LogP contribution >= 0.6 is 0 Å². The Morgan fingerprint density at radius 3 is 2.19 bits per heavy atom. The Bertz CT molecular complexity index is 869. The number of amides is 3. The van der Waals surface area contributed by atoms with Crippen molar-refractivity contribution in [1.29, 1.82) is 0 Å². The van der Waals surface area contributed by atoms with E-state index in [1.165, 1.54) is 4.90 Å². The van der Waals surface area contributed by atoms with Crippen molar-refractivity contribution in [3.05, 3.63) is 41.5 Å². The van der Waals surface area contributed by atoms with Crippen molar-refractivity contribution in [2.24, 2.45) is 35.5 Å². The molecule has 5 heteroatoms. The van der Waals surface area contributed by atoms with E-state index in [2.05, 4.69) is 17.5 Å². The van der Waals surface area contributed by atoms with Crippen LogP contribution in [0.4, 0.5) is 5.69 Å². The van der Waals surface area contributed by atoms with E-state index in [9.17, 15) is 14.4 Å². The fourth-order valence-electron chi connectivity index (χ4n) is 5.54. The van der Waals surface area contributed by atoms with Crippen LogP contribution in [0.25, 0.3) is 0 Å². The first-order chi connectivity index (χ1) is 12.9. The van der Waals surface area contributed by atoms with Gasteiger partial charge in [0.05, 0.1) is 11.8 Å². The third-order valence-electron chi connectivity index (χ3n) is 7.24. The Labute approximate surface area is 158 Å². The van der Waals surface area contributed by atoms with Crippen molar-refractivity contribution < 1.29 is 14.4 Å². The predicted octanol–water partition coefficient (Wildman–Crippen LogP) is 2.68. The van der Waals surface area contributed by atoms with E-state index in [0.717, 1.165) is 17.5 Å². The van der Waals surface area contributed by atoms with Crippen LogP contribution in [0.2, 0.25) is 0 Å². The quantitative estimate of drug-likeness (QED) is 0.662. The van der Waals surface area contributed by atoms with E-state index in [-0.39, 0.29) is 41.4 Å². The third kappa shape index (κ3) is 2.27. The van der Waals surface area contributed by atoms with Crippen LogP contribution in [0.3, 0.4) is 0 Å². The molecule has 27 heavy (non-hydrogen) atoms. The summed E-state index contributed by atoms with van der Waals surface area (Å²) in [6.45, 7) is 5.65. The van der Waals surface area contributed by atoms with Gasteiger partial charge < -0.3 is 5.32 Å². The molecule has 2 bridgehead atoms. The van der Waals surface area contributed by atoms with Crippen molar-refractivity contribution in [2.45, 2.75) is 33.2 Å². The zero-order valence-corrected chi connectivity index (χ0v) is 15.8. The summed E-state index contributed by atoms with van der Waals surface area (Å²) in [4.78, 5) is 40.2. The molecule has 140 valence electrons. The van der Waals surface area contributed by atoms with Gasteiger partial charge in [0, 0.05) is 5.69 Å². The molecule has 0 aromatic heterocycles. The number of allylic oxidation sites excluding steroid dienone is 2. The number of imide groups is 1. The molecule has 3 fully saturated rings.